The van der Waals surface area contributed by atoms with Crippen LogP contribution in [0, 0.1) is 11.8 Å². The standard InChI is InChI=1S/C11H22N2/c1-8-6-11(8)13-10-5-3-2-4-9(10)7-12/h8-11,13H,2-7,12H2,1H3. The van der Waals surface area contributed by atoms with E-state index in [0.29, 0.717) is 0 Å². The van der Waals surface area contributed by atoms with Crippen molar-refractivity contribution >= 4 is 0 Å². The monoisotopic (exact) mass is 182 g/mol. The summed E-state index contributed by atoms with van der Waals surface area (Å²) in [6, 6.07) is 1.55. The molecule has 0 aliphatic heterocycles. The van der Waals surface area contributed by atoms with Crippen LogP contribution in [0.3, 0.4) is 0 Å². The van der Waals surface area contributed by atoms with E-state index in [4.69, 9.17) is 5.73 Å². The maximum absolute atomic E-state index is 5.78. The van der Waals surface area contributed by atoms with Crippen LogP contribution in [0.2, 0.25) is 0 Å². The molecule has 4 unspecified atom stereocenters. The summed E-state index contributed by atoms with van der Waals surface area (Å²) in [6.07, 6.45) is 6.86. The average molecular weight is 182 g/mol. The molecule has 0 bridgehead atoms. The third-order valence-electron chi connectivity index (χ3n) is 3.75. The van der Waals surface area contributed by atoms with Gasteiger partial charge >= 0.3 is 0 Å². The fourth-order valence-corrected chi connectivity index (χ4v) is 2.54. The quantitative estimate of drug-likeness (QED) is 0.694. The molecule has 0 spiro atoms. The molecule has 76 valence electrons. The first-order valence-corrected chi connectivity index (χ1v) is 5.77. The lowest BCUT2D eigenvalue weighted by Crippen LogP contribution is -2.43. The summed E-state index contributed by atoms with van der Waals surface area (Å²) in [6.45, 7) is 3.21. The first-order chi connectivity index (χ1) is 6.31. The van der Waals surface area contributed by atoms with Crippen molar-refractivity contribution in [3.05, 3.63) is 0 Å². The zero-order chi connectivity index (χ0) is 9.26. The van der Waals surface area contributed by atoms with Gasteiger partial charge in [-0.25, -0.2) is 0 Å². The molecule has 0 radical (unpaired) electrons. The van der Waals surface area contributed by atoms with Gasteiger partial charge in [0, 0.05) is 12.1 Å². The number of hydrogen-bond donors (Lipinski definition) is 2. The highest BCUT2D eigenvalue weighted by Gasteiger charge is 2.36. The van der Waals surface area contributed by atoms with Crippen LogP contribution in [0.5, 0.6) is 0 Å². The van der Waals surface area contributed by atoms with E-state index in [9.17, 15) is 0 Å². The van der Waals surface area contributed by atoms with E-state index in [-0.39, 0.29) is 0 Å². The fourth-order valence-electron chi connectivity index (χ4n) is 2.54. The number of nitrogens with one attached hydrogen (secondary N) is 1. The molecule has 2 fully saturated rings. The van der Waals surface area contributed by atoms with E-state index in [1.807, 2.05) is 0 Å². The van der Waals surface area contributed by atoms with Gasteiger partial charge < -0.3 is 11.1 Å². The van der Waals surface area contributed by atoms with Crippen molar-refractivity contribution < 1.29 is 0 Å². The Kier molecular flexibility index (Phi) is 2.89. The topological polar surface area (TPSA) is 38.0 Å². The molecular formula is C11H22N2. The Labute approximate surface area is 81.3 Å². The average Bonchev–Trinajstić information content (AvgIpc) is 2.83. The summed E-state index contributed by atoms with van der Waals surface area (Å²) >= 11 is 0. The van der Waals surface area contributed by atoms with Crippen molar-refractivity contribution in [1.29, 1.82) is 0 Å². The van der Waals surface area contributed by atoms with Gasteiger partial charge in [0.05, 0.1) is 0 Å². The Balaban J connectivity index is 1.80. The molecule has 0 aromatic heterocycles. The summed E-state index contributed by atoms with van der Waals surface area (Å²) in [4.78, 5) is 0. The largest absolute Gasteiger partial charge is 0.330 e. The zero-order valence-electron chi connectivity index (χ0n) is 8.63. The molecule has 0 heterocycles. The van der Waals surface area contributed by atoms with Gasteiger partial charge in [0.15, 0.2) is 0 Å². The van der Waals surface area contributed by atoms with Crippen molar-refractivity contribution in [1.82, 2.24) is 5.32 Å². The number of nitrogens with two attached hydrogens (primary N) is 1. The van der Waals surface area contributed by atoms with Crippen molar-refractivity contribution in [3.8, 4) is 0 Å². The second-order valence-corrected chi connectivity index (χ2v) is 4.87. The summed E-state index contributed by atoms with van der Waals surface area (Å²) in [5.41, 5.74) is 5.78. The van der Waals surface area contributed by atoms with Gasteiger partial charge in [0.25, 0.3) is 0 Å². The van der Waals surface area contributed by atoms with Crippen LogP contribution in [-0.4, -0.2) is 18.6 Å². The second-order valence-electron chi connectivity index (χ2n) is 4.87. The molecule has 2 aliphatic rings. The third kappa shape index (κ3) is 2.23. The van der Waals surface area contributed by atoms with Crippen LogP contribution >= 0.6 is 0 Å². The lowest BCUT2D eigenvalue weighted by Gasteiger charge is -2.31. The van der Waals surface area contributed by atoms with Gasteiger partial charge in [0.2, 0.25) is 0 Å². The Bertz CT molecular complexity index is 169. The minimum Gasteiger partial charge on any atom is -0.330 e. The molecular weight excluding hydrogens is 160 g/mol. The van der Waals surface area contributed by atoms with Gasteiger partial charge in [0.1, 0.15) is 0 Å². The Morgan fingerprint density at radius 3 is 2.54 bits per heavy atom. The second kappa shape index (κ2) is 3.97. The van der Waals surface area contributed by atoms with E-state index in [2.05, 4.69) is 12.2 Å². The van der Waals surface area contributed by atoms with Gasteiger partial charge in [-0.3, -0.25) is 0 Å². The van der Waals surface area contributed by atoms with E-state index in [0.717, 1.165) is 30.5 Å². The molecule has 2 aliphatic carbocycles. The summed E-state index contributed by atoms with van der Waals surface area (Å²) in [5, 5.41) is 3.76. The number of hydrogen-bond acceptors (Lipinski definition) is 2. The first kappa shape index (κ1) is 9.47. The molecule has 0 saturated heterocycles. The van der Waals surface area contributed by atoms with E-state index in [1.165, 1.54) is 32.1 Å². The molecule has 13 heavy (non-hydrogen) atoms. The van der Waals surface area contributed by atoms with Crippen LogP contribution < -0.4 is 11.1 Å². The molecule has 2 heteroatoms. The lowest BCUT2D eigenvalue weighted by molar-refractivity contribution is 0.264. The Hall–Kier alpha value is -0.0800. The molecule has 2 saturated carbocycles. The smallest absolute Gasteiger partial charge is 0.0110 e. The lowest BCUT2D eigenvalue weighted by atomic mass is 9.84. The van der Waals surface area contributed by atoms with Crippen LogP contribution in [0.1, 0.15) is 39.0 Å². The van der Waals surface area contributed by atoms with Crippen LogP contribution in [0.4, 0.5) is 0 Å². The zero-order valence-corrected chi connectivity index (χ0v) is 8.63. The minimum atomic E-state index is 0.730. The Morgan fingerprint density at radius 2 is 1.92 bits per heavy atom. The molecule has 0 amide bonds. The van der Waals surface area contributed by atoms with Crippen molar-refractivity contribution in [2.24, 2.45) is 17.6 Å². The molecule has 4 atom stereocenters. The fraction of sp³-hybridized carbons (Fsp3) is 1.00. The van der Waals surface area contributed by atoms with Gasteiger partial charge in [-0.1, -0.05) is 19.8 Å². The third-order valence-corrected chi connectivity index (χ3v) is 3.75. The SMILES string of the molecule is CC1CC1NC1CCCCC1CN. The highest BCUT2D eigenvalue weighted by molar-refractivity contribution is 4.94. The highest BCUT2D eigenvalue weighted by atomic mass is 15.0. The van der Waals surface area contributed by atoms with E-state index < -0.39 is 0 Å². The molecule has 2 rings (SSSR count). The molecule has 3 N–H and O–H groups in total. The summed E-state index contributed by atoms with van der Waals surface area (Å²) in [7, 11) is 0. The minimum absolute atomic E-state index is 0.730. The molecule has 0 aromatic rings. The maximum Gasteiger partial charge on any atom is 0.0110 e. The highest BCUT2D eigenvalue weighted by Crippen LogP contribution is 2.32. The number of rotatable bonds is 3. The summed E-state index contributed by atoms with van der Waals surface area (Å²) < 4.78 is 0. The Morgan fingerprint density at radius 1 is 1.23 bits per heavy atom. The van der Waals surface area contributed by atoms with Crippen LogP contribution in [0.25, 0.3) is 0 Å². The van der Waals surface area contributed by atoms with Gasteiger partial charge in [-0.15, -0.1) is 0 Å². The predicted octanol–water partition coefficient (Wildman–Crippen LogP) is 1.50. The first-order valence-electron chi connectivity index (χ1n) is 5.77. The predicted molar refractivity (Wildman–Crippen MR) is 55.5 cm³/mol. The van der Waals surface area contributed by atoms with Crippen LogP contribution in [-0.2, 0) is 0 Å². The van der Waals surface area contributed by atoms with Crippen molar-refractivity contribution in [2.45, 2.75) is 51.1 Å². The molecule has 2 nitrogen and oxygen atoms in total. The summed E-state index contributed by atoms with van der Waals surface area (Å²) in [5.74, 6) is 1.67. The van der Waals surface area contributed by atoms with E-state index in [1.54, 1.807) is 0 Å². The normalized spacial score (nSPS) is 44.8. The van der Waals surface area contributed by atoms with E-state index >= 15 is 0 Å². The van der Waals surface area contributed by atoms with Gasteiger partial charge in [-0.05, 0) is 37.6 Å². The van der Waals surface area contributed by atoms with Crippen molar-refractivity contribution in [3.63, 3.8) is 0 Å². The molecule has 0 aromatic carbocycles. The van der Waals surface area contributed by atoms with Crippen molar-refractivity contribution in [2.75, 3.05) is 6.54 Å². The van der Waals surface area contributed by atoms with Gasteiger partial charge in [-0.2, -0.15) is 0 Å². The maximum atomic E-state index is 5.78. The van der Waals surface area contributed by atoms with Crippen LogP contribution in [0.15, 0.2) is 0 Å².